The lowest BCUT2D eigenvalue weighted by atomic mass is 10.1. The van der Waals surface area contributed by atoms with Gasteiger partial charge in [-0.1, -0.05) is 15.9 Å². The smallest absolute Gasteiger partial charge is 0.242 e. The van der Waals surface area contributed by atoms with Gasteiger partial charge in [-0.05, 0) is 37.6 Å². The maximum Gasteiger partial charge on any atom is 0.242 e. The molecule has 1 aromatic rings. The van der Waals surface area contributed by atoms with Gasteiger partial charge in [-0.2, -0.15) is 0 Å². The molecule has 0 aliphatic heterocycles. The average molecular weight is 309 g/mol. The molecule has 0 saturated heterocycles. The Labute approximate surface area is 107 Å². The van der Waals surface area contributed by atoms with E-state index in [1.54, 1.807) is 0 Å². The van der Waals surface area contributed by atoms with Crippen LogP contribution in [0.25, 0.3) is 0 Å². The minimum absolute atomic E-state index is 0.00100. The molecule has 1 rings (SSSR count). The highest BCUT2D eigenvalue weighted by Gasteiger charge is 2.21. The highest BCUT2D eigenvalue weighted by atomic mass is 79.9. The van der Waals surface area contributed by atoms with E-state index < -0.39 is 11.2 Å². The van der Waals surface area contributed by atoms with Crippen molar-refractivity contribution in [2.24, 2.45) is 0 Å². The second-order valence-electron chi connectivity index (χ2n) is 3.69. The number of benzene rings is 1. The number of carbonyl (C=O) groups is 1. The van der Waals surface area contributed by atoms with Crippen LogP contribution in [0, 0.1) is 5.82 Å². The maximum atomic E-state index is 13.0. The zero-order valence-corrected chi connectivity index (χ0v) is 11.3. The Morgan fingerprint density at radius 3 is 2.69 bits per heavy atom. The van der Waals surface area contributed by atoms with E-state index in [-0.39, 0.29) is 11.9 Å². The van der Waals surface area contributed by atoms with Crippen LogP contribution in [0.1, 0.15) is 24.8 Å². The Hall–Kier alpha value is -0.610. The van der Waals surface area contributed by atoms with Gasteiger partial charge in [-0.3, -0.25) is 4.79 Å². The topological polar surface area (TPSA) is 29.1 Å². The molecule has 0 radical (unpaired) electrons. The van der Waals surface area contributed by atoms with E-state index in [1.807, 2.05) is 13.8 Å². The minimum atomic E-state index is -0.896. The SMILES string of the molecule is CC(C)NC(=O)C(Cl)c1cc(F)ccc1Br. The van der Waals surface area contributed by atoms with Gasteiger partial charge in [-0.15, -0.1) is 11.6 Å². The summed E-state index contributed by atoms with van der Waals surface area (Å²) < 4.78 is 13.6. The normalized spacial score (nSPS) is 12.6. The number of carbonyl (C=O) groups excluding carboxylic acids is 1. The summed E-state index contributed by atoms with van der Waals surface area (Å²) in [5, 5.41) is 1.78. The van der Waals surface area contributed by atoms with Crippen molar-refractivity contribution in [2.75, 3.05) is 0 Å². The number of alkyl halides is 1. The van der Waals surface area contributed by atoms with Crippen LogP contribution >= 0.6 is 27.5 Å². The lowest BCUT2D eigenvalue weighted by Gasteiger charge is -2.14. The van der Waals surface area contributed by atoms with E-state index in [0.29, 0.717) is 10.0 Å². The molecule has 16 heavy (non-hydrogen) atoms. The van der Waals surface area contributed by atoms with Crippen molar-refractivity contribution >= 4 is 33.4 Å². The van der Waals surface area contributed by atoms with Crippen LogP contribution in [-0.4, -0.2) is 11.9 Å². The third kappa shape index (κ3) is 3.46. The van der Waals surface area contributed by atoms with Crippen LogP contribution in [0.2, 0.25) is 0 Å². The van der Waals surface area contributed by atoms with Crippen LogP contribution in [0.15, 0.2) is 22.7 Å². The predicted octanol–water partition coefficient (Wildman–Crippen LogP) is 3.39. The number of amides is 1. The highest BCUT2D eigenvalue weighted by molar-refractivity contribution is 9.10. The van der Waals surface area contributed by atoms with Crippen molar-refractivity contribution in [3.63, 3.8) is 0 Å². The fourth-order valence-corrected chi connectivity index (χ4v) is 2.06. The van der Waals surface area contributed by atoms with Gasteiger partial charge >= 0.3 is 0 Å². The van der Waals surface area contributed by atoms with Crippen molar-refractivity contribution < 1.29 is 9.18 Å². The molecule has 1 unspecified atom stereocenters. The largest absolute Gasteiger partial charge is 0.352 e. The number of halogens is 3. The fraction of sp³-hybridized carbons (Fsp3) is 0.364. The Kier molecular flexibility index (Phi) is 4.74. The Bertz CT molecular complexity index is 398. The quantitative estimate of drug-likeness (QED) is 0.852. The molecule has 0 aliphatic carbocycles. The number of nitrogens with one attached hydrogen (secondary N) is 1. The van der Waals surface area contributed by atoms with Crippen LogP contribution in [0.4, 0.5) is 4.39 Å². The lowest BCUT2D eigenvalue weighted by Crippen LogP contribution is -2.32. The second-order valence-corrected chi connectivity index (χ2v) is 4.98. The van der Waals surface area contributed by atoms with Gasteiger partial charge in [0.25, 0.3) is 0 Å². The standard InChI is InChI=1S/C11H12BrClFNO/c1-6(2)15-11(16)10(13)8-5-7(14)3-4-9(8)12/h3-6,10H,1-2H3,(H,15,16). The molecule has 0 heterocycles. The van der Waals surface area contributed by atoms with Crippen LogP contribution in [0.3, 0.4) is 0 Å². The molecule has 0 saturated carbocycles. The van der Waals surface area contributed by atoms with E-state index >= 15 is 0 Å². The first-order valence-corrected chi connectivity index (χ1v) is 6.04. The molecule has 1 N–H and O–H groups in total. The summed E-state index contributed by atoms with van der Waals surface area (Å²) >= 11 is 9.20. The molecule has 0 aliphatic rings. The predicted molar refractivity (Wildman–Crippen MR) is 66.0 cm³/mol. The molecule has 5 heteroatoms. The first kappa shape index (κ1) is 13.5. The van der Waals surface area contributed by atoms with Crippen LogP contribution in [0.5, 0.6) is 0 Å². The van der Waals surface area contributed by atoms with E-state index in [1.165, 1.54) is 18.2 Å². The first-order chi connectivity index (χ1) is 7.41. The molecule has 1 atom stereocenters. The number of hydrogen-bond donors (Lipinski definition) is 1. The summed E-state index contributed by atoms with van der Waals surface area (Å²) in [5.41, 5.74) is 0.430. The fourth-order valence-electron chi connectivity index (χ4n) is 1.21. The maximum absolute atomic E-state index is 13.0. The van der Waals surface area contributed by atoms with Gasteiger partial charge in [0.1, 0.15) is 11.2 Å². The molecule has 0 fully saturated rings. The third-order valence-electron chi connectivity index (χ3n) is 1.89. The van der Waals surface area contributed by atoms with E-state index in [4.69, 9.17) is 11.6 Å². The van der Waals surface area contributed by atoms with Crippen molar-refractivity contribution in [3.8, 4) is 0 Å². The summed E-state index contributed by atoms with van der Waals surface area (Å²) in [5.74, 6) is -0.746. The summed E-state index contributed by atoms with van der Waals surface area (Å²) in [6, 6.07) is 4.09. The molecule has 0 spiro atoms. The van der Waals surface area contributed by atoms with Crippen LogP contribution < -0.4 is 5.32 Å². The number of hydrogen-bond acceptors (Lipinski definition) is 1. The summed E-state index contributed by atoms with van der Waals surface area (Å²) in [7, 11) is 0. The van der Waals surface area contributed by atoms with Gasteiger partial charge < -0.3 is 5.32 Å². The monoisotopic (exact) mass is 307 g/mol. The van der Waals surface area contributed by atoms with E-state index in [0.717, 1.165) is 0 Å². The Morgan fingerprint density at radius 2 is 2.12 bits per heavy atom. The number of rotatable bonds is 3. The summed E-state index contributed by atoms with van der Waals surface area (Å²) in [4.78, 5) is 11.6. The van der Waals surface area contributed by atoms with Crippen LogP contribution in [-0.2, 0) is 4.79 Å². The van der Waals surface area contributed by atoms with Crippen molar-refractivity contribution in [3.05, 3.63) is 34.1 Å². The van der Waals surface area contributed by atoms with Gasteiger partial charge in [-0.25, -0.2) is 4.39 Å². The van der Waals surface area contributed by atoms with Gasteiger partial charge in [0, 0.05) is 10.5 Å². The minimum Gasteiger partial charge on any atom is -0.352 e. The van der Waals surface area contributed by atoms with Gasteiger partial charge in [0.05, 0.1) is 0 Å². The second kappa shape index (κ2) is 5.64. The first-order valence-electron chi connectivity index (χ1n) is 4.81. The lowest BCUT2D eigenvalue weighted by molar-refractivity contribution is -0.121. The molecule has 0 bridgehead atoms. The molecule has 0 aromatic heterocycles. The third-order valence-corrected chi connectivity index (χ3v) is 3.05. The highest BCUT2D eigenvalue weighted by Crippen LogP contribution is 2.29. The molecule has 2 nitrogen and oxygen atoms in total. The summed E-state index contributed by atoms with van der Waals surface area (Å²) in [6.45, 7) is 3.67. The van der Waals surface area contributed by atoms with E-state index in [2.05, 4.69) is 21.2 Å². The van der Waals surface area contributed by atoms with Crippen molar-refractivity contribution in [2.45, 2.75) is 25.3 Å². The molecule has 1 aromatic carbocycles. The van der Waals surface area contributed by atoms with Crippen molar-refractivity contribution in [1.29, 1.82) is 0 Å². The molecule has 1 amide bonds. The van der Waals surface area contributed by atoms with Crippen molar-refractivity contribution in [1.82, 2.24) is 5.32 Å². The zero-order chi connectivity index (χ0) is 12.3. The molecular weight excluding hydrogens is 296 g/mol. The molecule has 88 valence electrons. The summed E-state index contributed by atoms with van der Waals surface area (Å²) in [6.07, 6.45) is 0. The Balaban J connectivity index is 2.91. The van der Waals surface area contributed by atoms with E-state index in [9.17, 15) is 9.18 Å². The van der Waals surface area contributed by atoms with Gasteiger partial charge in [0.2, 0.25) is 5.91 Å². The molecular formula is C11H12BrClFNO. The Morgan fingerprint density at radius 1 is 1.50 bits per heavy atom. The van der Waals surface area contributed by atoms with Gasteiger partial charge in [0.15, 0.2) is 0 Å². The average Bonchev–Trinajstić information content (AvgIpc) is 2.19. The zero-order valence-electron chi connectivity index (χ0n) is 8.93.